The van der Waals surface area contributed by atoms with Crippen molar-refractivity contribution >= 4 is 11.9 Å². The number of carbonyl (C=O) groups is 2. The number of hydrogen-bond donors (Lipinski definition) is 2. The first-order valence-corrected chi connectivity index (χ1v) is 9.41. The first-order chi connectivity index (χ1) is 14.3. The number of benzene rings is 1. The number of halogens is 3. The first-order valence-electron chi connectivity index (χ1n) is 9.41. The highest BCUT2D eigenvalue weighted by atomic mass is 19.4. The average molecular weight is 449 g/mol. The molecule has 31 heavy (non-hydrogen) atoms. The lowest BCUT2D eigenvalue weighted by Crippen LogP contribution is -2.70. The molecule has 0 heterocycles. The van der Waals surface area contributed by atoms with Gasteiger partial charge in [-0.1, -0.05) is 12.1 Å². The van der Waals surface area contributed by atoms with Gasteiger partial charge in [-0.2, -0.15) is 13.2 Å². The molecule has 0 spiro atoms. The molecule has 12 heteroatoms. The van der Waals surface area contributed by atoms with E-state index in [0.29, 0.717) is 0 Å². The summed E-state index contributed by atoms with van der Waals surface area (Å²) < 4.78 is 48.0. The zero-order valence-electron chi connectivity index (χ0n) is 16.7. The molecule has 9 nitrogen and oxygen atoms in total. The number of carbonyl (C=O) groups excluding carboxylic acids is 2. The molecule has 1 aliphatic rings. The monoisotopic (exact) mass is 449 g/mol. The lowest BCUT2D eigenvalue weighted by Gasteiger charge is -2.44. The quantitative estimate of drug-likeness (QED) is 0.381. The van der Waals surface area contributed by atoms with E-state index < -0.39 is 64.6 Å². The molecule has 0 bridgehead atoms. The number of alkyl halides is 3. The second kappa shape index (κ2) is 8.79. The Morgan fingerprint density at radius 3 is 1.81 bits per heavy atom. The fourth-order valence-corrected chi connectivity index (χ4v) is 3.87. The molecule has 0 amide bonds. The summed E-state index contributed by atoms with van der Waals surface area (Å²) in [5, 5.41) is 33.8. The number of nitro groups is 1. The lowest BCUT2D eigenvalue weighted by molar-refractivity contribution is -0.566. The van der Waals surface area contributed by atoms with Gasteiger partial charge in [0, 0.05) is 17.8 Å². The molecule has 1 saturated carbocycles. The van der Waals surface area contributed by atoms with E-state index in [9.17, 15) is 43.1 Å². The predicted octanol–water partition coefficient (Wildman–Crippen LogP) is 1.82. The van der Waals surface area contributed by atoms with Crippen LogP contribution < -0.4 is 0 Å². The standard InChI is InChI=1S/C19H22F3NO8/c1-3-30-15(24)17(26)9-12(11-5-7-13(8-6-11)19(20,21)22)10-18(27,14(17)23(28)29)16(25)31-4-2/h5-8,12,14,26-27H,3-4,9-10H2,1-2H3/t12?,14?,17-,18+. The number of nitrogens with zero attached hydrogens (tertiary/aromatic N) is 1. The molecule has 0 aliphatic heterocycles. The molecule has 0 aromatic heterocycles. The van der Waals surface area contributed by atoms with Gasteiger partial charge >= 0.3 is 18.1 Å². The number of hydrogen-bond acceptors (Lipinski definition) is 8. The maximum atomic E-state index is 12.9. The number of aliphatic hydroxyl groups is 2. The van der Waals surface area contributed by atoms with Crippen molar-refractivity contribution in [3.63, 3.8) is 0 Å². The third kappa shape index (κ3) is 4.64. The summed E-state index contributed by atoms with van der Waals surface area (Å²) >= 11 is 0. The van der Waals surface area contributed by atoms with Gasteiger partial charge in [-0.15, -0.1) is 0 Å². The molecule has 2 N–H and O–H groups in total. The summed E-state index contributed by atoms with van der Waals surface area (Å²) in [5.41, 5.74) is -6.71. The van der Waals surface area contributed by atoms with Crippen LogP contribution in [0.1, 0.15) is 43.7 Å². The van der Waals surface area contributed by atoms with Gasteiger partial charge in [-0.05, 0) is 37.5 Å². The van der Waals surface area contributed by atoms with Crippen LogP contribution in [0.25, 0.3) is 0 Å². The van der Waals surface area contributed by atoms with Crippen molar-refractivity contribution in [2.75, 3.05) is 13.2 Å². The zero-order chi connectivity index (χ0) is 23.6. The smallest absolute Gasteiger partial charge is 0.416 e. The van der Waals surface area contributed by atoms with Crippen LogP contribution >= 0.6 is 0 Å². The summed E-state index contributed by atoms with van der Waals surface area (Å²) in [4.78, 5) is 35.5. The van der Waals surface area contributed by atoms with E-state index in [1.54, 1.807) is 0 Å². The summed E-state index contributed by atoms with van der Waals surface area (Å²) in [5.74, 6) is -3.96. The molecule has 1 aromatic carbocycles. The molecule has 0 radical (unpaired) electrons. The fourth-order valence-electron chi connectivity index (χ4n) is 3.87. The number of ether oxygens (including phenoxy) is 2. The zero-order valence-corrected chi connectivity index (χ0v) is 16.7. The van der Waals surface area contributed by atoms with Crippen LogP contribution in [0, 0.1) is 10.1 Å². The van der Waals surface area contributed by atoms with Crippen LogP contribution in [0.5, 0.6) is 0 Å². The van der Waals surface area contributed by atoms with Crippen molar-refractivity contribution in [1.82, 2.24) is 0 Å². The van der Waals surface area contributed by atoms with Crippen molar-refractivity contribution in [3.8, 4) is 0 Å². The SMILES string of the molecule is CCOC(=O)[C@]1(O)CC(c2ccc(C(F)(F)F)cc2)C[C@](O)(C(=O)OCC)C1[N+](=O)[O-]. The van der Waals surface area contributed by atoms with E-state index >= 15 is 0 Å². The van der Waals surface area contributed by atoms with Gasteiger partial charge in [0.1, 0.15) is 0 Å². The van der Waals surface area contributed by atoms with Crippen LogP contribution in [0.15, 0.2) is 24.3 Å². The van der Waals surface area contributed by atoms with E-state index in [1.165, 1.54) is 13.8 Å². The molecule has 0 saturated heterocycles. The third-order valence-electron chi connectivity index (χ3n) is 5.20. The average Bonchev–Trinajstić information content (AvgIpc) is 2.67. The second-order valence-corrected chi connectivity index (χ2v) is 7.20. The van der Waals surface area contributed by atoms with E-state index in [2.05, 4.69) is 0 Å². The Morgan fingerprint density at radius 1 is 1.06 bits per heavy atom. The minimum Gasteiger partial charge on any atom is -0.464 e. The van der Waals surface area contributed by atoms with Crippen molar-refractivity contribution < 1.29 is 47.4 Å². The fraction of sp³-hybridized carbons (Fsp3) is 0.579. The summed E-state index contributed by atoms with van der Waals surface area (Å²) in [6.45, 7) is 2.26. The van der Waals surface area contributed by atoms with Gasteiger partial charge in [0.05, 0.1) is 18.8 Å². The third-order valence-corrected chi connectivity index (χ3v) is 5.20. The second-order valence-electron chi connectivity index (χ2n) is 7.20. The molecule has 172 valence electrons. The van der Waals surface area contributed by atoms with Gasteiger partial charge < -0.3 is 19.7 Å². The van der Waals surface area contributed by atoms with Gasteiger partial charge in [-0.25, -0.2) is 9.59 Å². The Kier molecular flexibility index (Phi) is 6.96. The van der Waals surface area contributed by atoms with Gasteiger partial charge in [0.2, 0.25) is 11.2 Å². The van der Waals surface area contributed by atoms with Gasteiger partial charge in [0.25, 0.3) is 6.04 Å². The maximum Gasteiger partial charge on any atom is 0.416 e. The molecular formula is C19H22F3NO8. The van der Waals surface area contributed by atoms with Crippen LogP contribution in [0.2, 0.25) is 0 Å². The van der Waals surface area contributed by atoms with Crippen molar-refractivity contribution in [3.05, 3.63) is 45.5 Å². The van der Waals surface area contributed by atoms with E-state index in [-0.39, 0.29) is 18.8 Å². The molecule has 1 fully saturated rings. The molecule has 1 aliphatic carbocycles. The van der Waals surface area contributed by atoms with Crippen LogP contribution in [-0.4, -0.2) is 57.5 Å². The Hall–Kier alpha value is -2.73. The summed E-state index contributed by atoms with van der Waals surface area (Å²) in [6, 6.07) is 1.10. The van der Waals surface area contributed by atoms with Crippen molar-refractivity contribution in [1.29, 1.82) is 0 Å². The Labute approximate surface area is 174 Å². The molecule has 1 aromatic rings. The summed E-state index contributed by atoms with van der Waals surface area (Å²) in [7, 11) is 0. The molecule has 4 atom stereocenters. The Balaban J connectivity index is 2.59. The van der Waals surface area contributed by atoms with Crippen LogP contribution in [0.4, 0.5) is 13.2 Å². The largest absolute Gasteiger partial charge is 0.464 e. The minimum absolute atomic E-state index is 0.125. The molecular weight excluding hydrogens is 427 g/mol. The van der Waals surface area contributed by atoms with Gasteiger partial charge in [-0.3, -0.25) is 10.1 Å². The van der Waals surface area contributed by atoms with E-state index in [1.807, 2.05) is 0 Å². The topological polar surface area (TPSA) is 136 Å². The Bertz CT molecular complexity index is 810. The first kappa shape index (κ1) is 24.5. The highest BCUT2D eigenvalue weighted by Crippen LogP contribution is 2.46. The Morgan fingerprint density at radius 2 is 1.48 bits per heavy atom. The highest BCUT2D eigenvalue weighted by Gasteiger charge is 2.71. The van der Waals surface area contributed by atoms with E-state index in [0.717, 1.165) is 24.3 Å². The number of rotatable bonds is 6. The molecule has 2 rings (SSSR count). The highest BCUT2D eigenvalue weighted by molar-refractivity contribution is 5.86. The van der Waals surface area contributed by atoms with Crippen molar-refractivity contribution in [2.24, 2.45) is 0 Å². The van der Waals surface area contributed by atoms with Crippen LogP contribution in [-0.2, 0) is 25.2 Å². The minimum atomic E-state index is -4.61. The summed E-state index contributed by atoms with van der Waals surface area (Å²) in [6.07, 6.45) is -5.94. The van der Waals surface area contributed by atoms with Gasteiger partial charge in [0.15, 0.2) is 0 Å². The number of esters is 2. The lowest BCUT2D eigenvalue weighted by atomic mass is 9.64. The normalized spacial score (nSPS) is 28.6. The molecule has 2 unspecified atom stereocenters. The predicted molar refractivity (Wildman–Crippen MR) is 97.4 cm³/mol. The van der Waals surface area contributed by atoms with Crippen molar-refractivity contribution in [2.45, 2.75) is 56.0 Å². The van der Waals surface area contributed by atoms with E-state index in [4.69, 9.17) is 9.47 Å². The maximum absolute atomic E-state index is 12.9. The van der Waals surface area contributed by atoms with Crippen LogP contribution in [0.3, 0.4) is 0 Å².